The molecule has 4 rings (SSSR count). The van der Waals surface area contributed by atoms with Crippen LogP contribution in [-0.4, -0.2) is 43.6 Å². The van der Waals surface area contributed by atoms with Gasteiger partial charge in [0, 0.05) is 23.8 Å². The number of carbonyl (C=O) groups is 1. The summed E-state index contributed by atoms with van der Waals surface area (Å²) in [7, 11) is 0. The van der Waals surface area contributed by atoms with Gasteiger partial charge in [-0.2, -0.15) is 0 Å². The largest absolute Gasteiger partial charge is 0.376 e. The molecule has 1 aromatic heterocycles. The van der Waals surface area contributed by atoms with Crippen LogP contribution in [-0.2, 0) is 11.3 Å². The fourth-order valence-electron chi connectivity index (χ4n) is 3.11. The van der Waals surface area contributed by atoms with Crippen molar-refractivity contribution < 1.29 is 14.5 Å². The van der Waals surface area contributed by atoms with E-state index >= 15 is 0 Å². The molecule has 1 atom stereocenters. The predicted molar refractivity (Wildman–Crippen MR) is 104 cm³/mol. The molecule has 2 aromatic carbocycles. The van der Waals surface area contributed by atoms with Gasteiger partial charge in [-0.1, -0.05) is 30.3 Å². The molecule has 148 valence electrons. The summed E-state index contributed by atoms with van der Waals surface area (Å²) in [6.45, 7) is 1.21. The molecular weight excluding hydrogens is 394 g/mol. The molecule has 0 N–H and O–H groups in total. The first-order chi connectivity index (χ1) is 14.1. The Morgan fingerprint density at radius 1 is 1.24 bits per heavy atom. The van der Waals surface area contributed by atoms with Crippen molar-refractivity contribution in [3.63, 3.8) is 0 Å². The summed E-state index contributed by atoms with van der Waals surface area (Å²) in [4.78, 5) is 24.1. The first kappa shape index (κ1) is 19.2. The summed E-state index contributed by atoms with van der Waals surface area (Å²) in [6.07, 6.45) is 1.97. The van der Waals surface area contributed by atoms with Crippen LogP contribution in [0.5, 0.6) is 0 Å². The zero-order chi connectivity index (χ0) is 20.2. The Balaban J connectivity index is 1.59. The van der Waals surface area contributed by atoms with E-state index in [2.05, 4.69) is 15.5 Å². The normalized spacial score (nSPS) is 16.1. The first-order valence-corrected chi connectivity index (χ1v) is 9.87. The van der Waals surface area contributed by atoms with Crippen LogP contribution in [0.4, 0.5) is 5.69 Å². The minimum absolute atomic E-state index is 0.0405. The number of benzene rings is 2. The number of hydrogen-bond donors (Lipinski definition) is 0. The van der Waals surface area contributed by atoms with Crippen molar-refractivity contribution in [3.8, 4) is 0 Å². The van der Waals surface area contributed by atoms with Crippen molar-refractivity contribution in [3.05, 3.63) is 69.8 Å². The first-order valence-electron chi connectivity index (χ1n) is 9.05. The average Bonchev–Trinajstić information content (AvgIpc) is 3.41. The number of ketones is 1. The van der Waals surface area contributed by atoms with E-state index in [0.29, 0.717) is 22.2 Å². The van der Waals surface area contributed by atoms with Crippen molar-refractivity contribution in [2.45, 2.75) is 35.5 Å². The van der Waals surface area contributed by atoms with Crippen LogP contribution in [0.25, 0.3) is 0 Å². The molecule has 10 heteroatoms. The Labute approximate surface area is 170 Å². The number of carbonyl (C=O) groups excluding carboxylic acids is 1. The van der Waals surface area contributed by atoms with E-state index < -0.39 is 4.92 Å². The van der Waals surface area contributed by atoms with Crippen molar-refractivity contribution in [1.82, 2.24) is 20.2 Å². The fraction of sp³-hybridized carbons (Fsp3) is 0.263. The lowest BCUT2D eigenvalue weighted by Gasteiger charge is -2.10. The topological polar surface area (TPSA) is 113 Å². The van der Waals surface area contributed by atoms with Gasteiger partial charge in [0.15, 0.2) is 5.78 Å². The number of nitro groups is 1. The molecular formula is C19H17N5O4S. The van der Waals surface area contributed by atoms with E-state index in [0.717, 1.165) is 31.2 Å². The van der Waals surface area contributed by atoms with Gasteiger partial charge in [-0.15, -0.1) is 5.10 Å². The molecule has 1 saturated heterocycles. The number of nitrogens with zero attached hydrogens (tertiary/aromatic N) is 5. The summed E-state index contributed by atoms with van der Waals surface area (Å²) in [5.41, 5.74) is 0.567. The van der Waals surface area contributed by atoms with E-state index in [1.165, 1.54) is 6.07 Å². The predicted octanol–water partition coefficient (Wildman–Crippen LogP) is 3.14. The molecule has 9 nitrogen and oxygen atoms in total. The van der Waals surface area contributed by atoms with Gasteiger partial charge < -0.3 is 4.74 Å². The van der Waals surface area contributed by atoms with Gasteiger partial charge in [0.25, 0.3) is 5.69 Å². The van der Waals surface area contributed by atoms with Crippen LogP contribution in [0.3, 0.4) is 0 Å². The van der Waals surface area contributed by atoms with Crippen molar-refractivity contribution in [2.75, 3.05) is 6.61 Å². The Morgan fingerprint density at radius 2 is 2.07 bits per heavy atom. The van der Waals surface area contributed by atoms with E-state index in [-0.39, 0.29) is 23.1 Å². The van der Waals surface area contributed by atoms with Crippen LogP contribution in [0.15, 0.2) is 58.6 Å². The van der Waals surface area contributed by atoms with Gasteiger partial charge >= 0.3 is 0 Å². The quantitative estimate of drug-likeness (QED) is 0.331. The monoisotopic (exact) mass is 411 g/mol. The van der Waals surface area contributed by atoms with Gasteiger partial charge in [-0.3, -0.25) is 14.9 Å². The maximum absolute atomic E-state index is 12.6. The van der Waals surface area contributed by atoms with E-state index in [1.54, 1.807) is 47.1 Å². The molecule has 0 bridgehead atoms. The Kier molecular flexibility index (Phi) is 5.63. The third-order valence-electron chi connectivity index (χ3n) is 4.55. The number of hydrogen-bond acceptors (Lipinski definition) is 8. The maximum Gasteiger partial charge on any atom is 0.284 e. The van der Waals surface area contributed by atoms with Gasteiger partial charge in [0.1, 0.15) is 0 Å². The summed E-state index contributed by atoms with van der Waals surface area (Å²) in [5.74, 6) is -0.270. The second-order valence-corrected chi connectivity index (χ2v) is 7.52. The van der Waals surface area contributed by atoms with Gasteiger partial charge in [0.2, 0.25) is 5.16 Å². The molecule has 0 radical (unpaired) electrons. The lowest BCUT2D eigenvalue weighted by Crippen LogP contribution is -2.16. The molecule has 1 aliphatic rings. The molecule has 1 unspecified atom stereocenters. The summed E-state index contributed by atoms with van der Waals surface area (Å²) in [6, 6.07) is 13.1. The SMILES string of the molecule is O=C(c1ccccc1)c1ccc(Sc2nnnn2CC2CCCO2)c([N+](=O)[O-])c1. The third kappa shape index (κ3) is 4.33. The lowest BCUT2D eigenvalue weighted by molar-refractivity contribution is -0.387. The zero-order valence-electron chi connectivity index (χ0n) is 15.3. The van der Waals surface area contributed by atoms with Crippen molar-refractivity contribution in [2.24, 2.45) is 0 Å². The Morgan fingerprint density at radius 3 is 2.79 bits per heavy atom. The Bertz CT molecular complexity index is 1030. The number of tetrazole rings is 1. The van der Waals surface area contributed by atoms with Crippen LogP contribution in [0.1, 0.15) is 28.8 Å². The highest BCUT2D eigenvalue weighted by Gasteiger charge is 2.23. The lowest BCUT2D eigenvalue weighted by atomic mass is 10.0. The molecule has 29 heavy (non-hydrogen) atoms. The molecule has 1 aliphatic heterocycles. The number of nitro benzene ring substituents is 1. The second-order valence-electron chi connectivity index (χ2n) is 6.52. The minimum atomic E-state index is -0.502. The third-order valence-corrected chi connectivity index (χ3v) is 5.59. The smallest absolute Gasteiger partial charge is 0.284 e. The number of rotatable bonds is 7. The van der Waals surface area contributed by atoms with E-state index in [9.17, 15) is 14.9 Å². The number of ether oxygens (including phenoxy) is 1. The molecule has 0 saturated carbocycles. The average molecular weight is 411 g/mol. The highest BCUT2D eigenvalue weighted by molar-refractivity contribution is 7.99. The van der Waals surface area contributed by atoms with Crippen LogP contribution >= 0.6 is 11.8 Å². The second kappa shape index (κ2) is 8.50. The van der Waals surface area contributed by atoms with E-state index in [1.807, 2.05) is 0 Å². The highest BCUT2D eigenvalue weighted by atomic mass is 32.2. The van der Waals surface area contributed by atoms with Crippen LogP contribution in [0.2, 0.25) is 0 Å². The van der Waals surface area contributed by atoms with Crippen molar-refractivity contribution >= 4 is 23.2 Å². The van der Waals surface area contributed by atoms with Gasteiger partial charge in [-0.05, 0) is 47.2 Å². The molecule has 3 aromatic rings. The van der Waals surface area contributed by atoms with Crippen LogP contribution < -0.4 is 0 Å². The maximum atomic E-state index is 12.6. The molecule has 0 spiro atoms. The minimum Gasteiger partial charge on any atom is -0.376 e. The standard InChI is InChI=1S/C19H17N5O4S/c25-18(13-5-2-1-3-6-13)14-8-9-17(16(11-14)24(26)27)29-19-20-21-22-23(19)12-15-7-4-10-28-15/h1-3,5-6,8-9,11,15H,4,7,10,12H2. The molecule has 2 heterocycles. The zero-order valence-corrected chi connectivity index (χ0v) is 16.1. The summed E-state index contributed by atoms with van der Waals surface area (Å²) in [5, 5.41) is 23.7. The van der Waals surface area contributed by atoms with Crippen LogP contribution in [0, 0.1) is 10.1 Å². The fourth-order valence-corrected chi connectivity index (χ4v) is 3.97. The Hall–Kier alpha value is -3.11. The molecule has 1 fully saturated rings. The van der Waals surface area contributed by atoms with E-state index in [4.69, 9.17) is 4.74 Å². The molecule has 0 amide bonds. The number of aromatic nitrogens is 4. The highest BCUT2D eigenvalue weighted by Crippen LogP contribution is 2.35. The molecule has 0 aliphatic carbocycles. The van der Waals surface area contributed by atoms with Gasteiger partial charge in [-0.25, -0.2) is 4.68 Å². The van der Waals surface area contributed by atoms with Gasteiger partial charge in [0.05, 0.1) is 22.5 Å². The van der Waals surface area contributed by atoms with Crippen molar-refractivity contribution in [1.29, 1.82) is 0 Å². The summed E-state index contributed by atoms with van der Waals surface area (Å²) >= 11 is 1.09. The summed E-state index contributed by atoms with van der Waals surface area (Å²) < 4.78 is 7.20.